The van der Waals surface area contributed by atoms with Crippen LogP contribution >= 0.6 is 0 Å². The molecule has 0 heterocycles. The standard InChI is InChI=1S/C10H17NO/c1-10(2)6-9-12-8-5-3-4-7-11/h1,3-6,8-9H2,2H3. The lowest BCUT2D eigenvalue weighted by Crippen LogP contribution is -1.96. The van der Waals surface area contributed by atoms with Crippen molar-refractivity contribution in [3.05, 3.63) is 12.2 Å². The zero-order valence-electron chi connectivity index (χ0n) is 7.81. The largest absolute Gasteiger partial charge is 0.381 e. The van der Waals surface area contributed by atoms with Crippen LogP contribution in [0.2, 0.25) is 0 Å². The van der Waals surface area contributed by atoms with Crippen LogP contribution in [0.3, 0.4) is 0 Å². The van der Waals surface area contributed by atoms with Crippen molar-refractivity contribution < 1.29 is 4.74 Å². The molecule has 0 spiro atoms. The Morgan fingerprint density at radius 2 is 2.17 bits per heavy atom. The maximum Gasteiger partial charge on any atom is 0.0621 e. The SMILES string of the molecule is C=C(C)CCOCCCCC#N. The van der Waals surface area contributed by atoms with Crippen LogP contribution in [0.25, 0.3) is 0 Å². The number of ether oxygens (including phenoxy) is 1. The molecule has 0 aliphatic rings. The van der Waals surface area contributed by atoms with Gasteiger partial charge >= 0.3 is 0 Å². The molecule has 0 aromatic rings. The van der Waals surface area contributed by atoms with Gasteiger partial charge in [-0.3, -0.25) is 0 Å². The second-order valence-electron chi connectivity index (χ2n) is 2.93. The second kappa shape index (κ2) is 8.29. The molecule has 0 unspecified atom stereocenters. The van der Waals surface area contributed by atoms with E-state index in [1.807, 2.05) is 6.92 Å². The smallest absolute Gasteiger partial charge is 0.0621 e. The molecule has 0 fully saturated rings. The van der Waals surface area contributed by atoms with E-state index in [-0.39, 0.29) is 0 Å². The fourth-order valence-corrected chi connectivity index (χ4v) is 0.757. The maximum absolute atomic E-state index is 8.24. The van der Waals surface area contributed by atoms with Crippen LogP contribution in [0.5, 0.6) is 0 Å². The summed E-state index contributed by atoms with van der Waals surface area (Å²) in [5.74, 6) is 0. The fraction of sp³-hybridized carbons (Fsp3) is 0.700. The third kappa shape index (κ3) is 9.19. The molecule has 12 heavy (non-hydrogen) atoms. The average molecular weight is 167 g/mol. The number of nitrogens with zero attached hydrogens (tertiary/aromatic N) is 1. The minimum Gasteiger partial charge on any atom is -0.381 e. The van der Waals surface area contributed by atoms with Gasteiger partial charge in [-0.2, -0.15) is 5.26 Å². The minimum absolute atomic E-state index is 0.643. The molecule has 0 saturated carbocycles. The van der Waals surface area contributed by atoms with Crippen molar-refractivity contribution in [2.45, 2.75) is 32.6 Å². The summed E-state index contributed by atoms with van der Waals surface area (Å²) in [5.41, 5.74) is 1.16. The first-order valence-corrected chi connectivity index (χ1v) is 4.36. The normalized spacial score (nSPS) is 9.33. The van der Waals surface area contributed by atoms with Gasteiger partial charge in [-0.15, -0.1) is 6.58 Å². The summed E-state index contributed by atoms with van der Waals surface area (Å²) in [6.45, 7) is 7.32. The fourth-order valence-electron chi connectivity index (χ4n) is 0.757. The lowest BCUT2D eigenvalue weighted by Gasteiger charge is -2.01. The Bertz CT molecular complexity index is 158. The third-order valence-corrected chi connectivity index (χ3v) is 1.50. The van der Waals surface area contributed by atoms with Gasteiger partial charge in [-0.05, 0) is 26.2 Å². The maximum atomic E-state index is 8.24. The van der Waals surface area contributed by atoms with E-state index in [9.17, 15) is 0 Å². The first kappa shape index (κ1) is 11.2. The molecule has 0 aliphatic heterocycles. The van der Waals surface area contributed by atoms with Gasteiger partial charge in [0, 0.05) is 13.0 Å². The van der Waals surface area contributed by atoms with E-state index in [0.29, 0.717) is 6.42 Å². The van der Waals surface area contributed by atoms with Crippen molar-refractivity contribution in [2.24, 2.45) is 0 Å². The Balaban J connectivity index is 2.92. The van der Waals surface area contributed by atoms with Gasteiger partial charge in [0.25, 0.3) is 0 Å². The van der Waals surface area contributed by atoms with E-state index in [4.69, 9.17) is 10.00 Å². The van der Waals surface area contributed by atoms with Gasteiger partial charge in [-0.25, -0.2) is 0 Å². The van der Waals surface area contributed by atoms with Crippen LogP contribution in [0.1, 0.15) is 32.6 Å². The van der Waals surface area contributed by atoms with E-state index in [1.165, 1.54) is 0 Å². The van der Waals surface area contributed by atoms with Crippen LogP contribution in [0.4, 0.5) is 0 Å². The predicted octanol–water partition coefficient (Wildman–Crippen LogP) is 2.66. The van der Waals surface area contributed by atoms with E-state index in [1.54, 1.807) is 0 Å². The monoisotopic (exact) mass is 167 g/mol. The number of unbranched alkanes of at least 4 members (excludes halogenated alkanes) is 2. The summed E-state index contributed by atoms with van der Waals surface area (Å²) in [5, 5.41) is 8.24. The molecular weight excluding hydrogens is 150 g/mol. The average Bonchev–Trinajstić information content (AvgIpc) is 2.02. The van der Waals surface area contributed by atoms with Crippen LogP contribution in [-0.4, -0.2) is 13.2 Å². The van der Waals surface area contributed by atoms with Crippen LogP contribution in [-0.2, 0) is 4.74 Å². The molecule has 68 valence electrons. The van der Waals surface area contributed by atoms with Crippen LogP contribution in [0.15, 0.2) is 12.2 Å². The molecule has 0 aromatic carbocycles. The highest BCUT2D eigenvalue weighted by atomic mass is 16.5. The molecule has 0 aliphatic carbocycles. The van der Waals surface area contributed by atoms with E-state index in [0.717, 1.165) is 38.0 Å². The van der Waals surface area contributed by atoms with Crippen molar-refractivity contribution in [3.8, 4) is 6.07 Å². The molecule has 0 N–H and O–H groups in total. The zero-order valence-corrected chi connectivity index (χ0v) is 7.81. The van der Waals surface area contributed by atoms with Gasteiger partial charge in [0.05, 0.1) is 12.7 Å². The molecule has 2 nitrogen and oxygen atoms in total. The summed E-state index contributed by atoms with van der Waals surface area (Å²) in [4.78, 5) is 0. The second-order valence-corrected chi connectivity index (χ2v) is 2.93. The minimum atomic E-state index is 0.643. The molecule has 0 radical (unpaired) electrons. The Kier molecular flexibility index (Phi) is 7.73. The molecule has 0 rings (SSSR count). The lowest BCUT2D eigenvalue weighted by atomic mass is 10.2. The number of hydrogen-bond acceptors (Lipinski definition) is 2. The summed E-state index contributed by atoms with van der Waals surface area (Å²) in [6, 6.07) is 2.11. The van der Waals surface area contributed by atoms with Crippen molar-refractivity contribution in [3.63, 3.8) is 0 Å². The molecule has 0 amide bonds. The Morgan fingerprint density at radius 1 is 1.42 bits per heavy atom. The summed E-state index contributed by atoms with van der Waals surface area (Å²) in [6.07, 6.45) is 3.52. The Labute approximate surface area is 74.8 Å². The molecule has 2 heteroatoms. The zero-order chi connectivity index (χ0) is 9.23. The molecule has 0 saturated heterocycles. The van der Waals surface area contributed by atoms with Crippen molar-refractivity contribution in [2.75, 3.05) is 13.2 Å². The van der Waals surface area contributed by atoms with E-state index in [2.05, 4.69) is 12.6 Å². The highest BCUT2D eigenvalue weighted by molar-refractivity contribution is 4.86. The molecule has 0 bridgehead atoms. The number of rotatable bonds is 7. The predicted molar refractivity (Wildman–Crippen MR) is 49.7 cm³/mol. The summed E-state index contributed by atoms with van der Waals surface area (Å²) < 4.78 is 5.32. The number of nitriles is 1. The van der Waals surface area contributed by atoms with Gasteiger partial charge < -0.3 is 4.74 Å². The van der Waals surface area contributed by atoms with Gasteiger partial charge in [-0.1, -0.05) is 5.57 Å². The summed E-state index contributed by atoms with van der Waals surface area (Å²) in [7, 11) is 0. The van der Waals surface area contributed by atoms with Crippen molar-refractivity contribution >= 4 is 0 Å². The highest BCUT2D eigenvalue weighted by Crippen LogP contribution is 1.98. The third-order valence-electron chi connectivity index (χ3n) is 1.50. The molecule has 0 aromatic heterocycles. The van der Waals surface area contributed by atoms with Gasteiger partial charge in [0.1, 0.15) is 0 Å². The Hall–Kier alpha value is -0.810. The van der Waals surface area contributed by atoms with Crippen molar-refractivity contribution in [1.82, 2.24) is 0 Å². The molecule has 0 atom stereocenters. The van der Waals surface area contributed by atoms with Gasteiger partial charge in [0.2, 0.25) is 0 Å². The van der Waals surface area contributed by atoms with E-state index >= 15 is 0 Å². The van der Waals surface area contributed by atoms with Crippen LogP contribution < -0.4 is 0 Å². The summed E-state index contributed by atoms with van der Waals surface area (Å²) >= 11 is 0. The van der Waals surface area contributed by atoms with E-state index < -0.39 is 0 Å². The topological polar surface area (TPSA) is 33.0 Å². The molecular formula is C10H17NO. The Morgan fingerprint density at radius 3 is 2.75 bits per heavy atom. The lowest BCUT2D eigenvalue weighted by molar-refractivity contribution is 0.133. The number of hydrogen-bond donors (Lipinski definition) is 0. The highest BCUT2D eigenvalue weighted by Gasteiger charge is 1.89. The van der Waals surface area contributed by atoms with Crippen molar-refractivity contribution in [1.29, 1.82) is 5.26 Å². The quantitative estimate of drug-likeness (QED) is 0.431. The first-order valence-electron chi connectivity index (χ1n) is 4.36. The van der Waals surface area contributed by atoms with Crippen LogP contribution in [0, 0.1) is 11.3 Å². The first-order chi connectivity index (χ1) is 5.77. The van der Waals surface area contributed by atoms with Gasteiger partial charge in [0.15, 0.2) is 0 Å².